The van der Waals surface area contributed by atoms with Crippen LogP contribution in [-0.2, 0) is 11.3 Å². The zero-order valence-electron chi connectivity index (χ0n) is 11.2. The number of amides is 1. The quantitative estimate of drug-likeness (QED) is 0.543. The number of carbonyl (C=O) groups excluding carboxylic acids is 1. The molecular weight excluding hydrogens is 242 g/mol. The first-order chi connectivity index (χ1) is 9.17. The maximum atomic E-state index is 11.0. The summed E-state index contributed by atoms with van der Waals surface area (Å²) in [7, 11) is 0. The van der Waals surface area contributed by atoms with Gasteiger partial charge in [-0.2, -0.15) is 0 Å². The Morgan fingerprint density at radius 1 is 1.47 bits per heavy atom. The number of nitrogens with two attached hydrogens (primary N) is 1. The van der Waals surface area contributed by atoms with Crippen molar-refractivity contribution in [2.24, 2.45) is 5.84 Å². The molecule has 1 fully saturated rings. The van der Waals surface area contributed by atoms with Crippen LogP contribution < -0.4 is 16.6 Å². The molecule has 1 amide bonds. The third kappa shape index (κ3) is 4.18. The van der Waals surface area contributed by atoms with Crippen molar-refractivity contribution in [2.75, 3.05) is 18.5 Å². The van der Waals surface area contributed by atoms with Gasteiger partial charge in [0.1, 0.15) is 5.82 Å². The van der Waals surface area contributed by atoms with Gasteiger partial charge in [-0.15, -0.1) is 0 Å². The van der Waals surface area contributed by atoms with Crippen LogP contribution in [0.3, 0.4) is 0 Å². The SMILES string of the molecule is CC(=O)NC1CCN(Cc2ccc(NN)nc2)CC1. The summed E-state index contributed by atoms with van der Waals surface area (Å²) in [5.41, 5.74) is 3.69. The Bertz CT molecular complexity index is 412. The van der Waals surface area contributed by atoms with Crippen molar-refractivity contribution in [1.29, 1.82) is 0 Å². The van der Waals surface area contributed by atoms with Crippen molar-refractivity contribution in [3.8, 4) is 0 Å². The van der Waals surface area contributed by atoms with Crippen LogP contribution in [0.15, 0.2) is 18.3 Å². The topological polar surface area (TPSA) is 83.3 Å². The van der Waals surface area contributed by atoms with Crippen LogP contribution in [0, 0.1) is 0 Å². The molecule has 0 unspecified atom stereocenters. The number of hydrazine groups is 1. The van der Waals surface area contributed by atoms with Crippen molar-refractivity contribution >= 4 is 11.7 Å². The summed E-state index contributed by atoms with van der Waals surface area (Å²) in [6.07, 6.45) is 3.86. The standard InChI is InChI=1S/C13H21N5O/c1-10(19)16-12-4-6-18(7-5-12)9-11-2-3-13(17-14)15-8-11/h2-3,8,12H,4-7,9,14H2,1H3,(H,15,17)(H,16,19). The number of nitrogen functional groups attached to an aromatic ring is 1. The summed E-state index contributed by atoms with van der Waals surface area (Å²) >= 11 is 0. The molecular formula is C13H21N5O. The minimum atomic E-state index is 0.0625. The Morgan fingerprint density at radius 2 is 2.21 bits per heavy atom. The van der Waals surface area contributed by atoms with Gasteiger partial charge < -0.3 is 10.7 Å². The number of nitrogens with zero attached hydrogens (tertiary/aromatic N) is 2. The number of pyridine rings is 1. The van der Waals surface area contributed by atoms with Gasteiger partial charge in [-0.25, -0.2) is 10.8 Å². The highest BCUT2D eigenvalue weighted by atomic mass is 16.1. The van der Waals surface area contributed by atoms with Gasteiger partial charge in [0, 0.05) is 38.8 Å². The van der Waals surface area contributed by atoms with E-state index in [0.29, 0.717) is 11.9 Å². The van der Waals surface area contributed by atoms with Crippen LogP contribution in [0.4, 0.5) is 5.82 Å². The molecule has 0 spiro atoms. The monoisotopic (exact) mass is 263 g/mol. The lowest BCUT2D eigenvalue weighted by atomic mass is 10.0. The summed E-state index contributed by atoms with van der Waals surface area (Å²) in [5, 5.41) is 2.98. The van der Waals surface area contributed by atoms with Crippen LogP contribution in [0.2, 0.25) is 0 Å². The average molecular weight is 263 g/mol. The predicted molar refractivity (Wildman–Crippen MR) is 74.2 cm³/mol. The molecule has 0 aromatic carbocycles. The number of likely N-dealkylation sites (tertiary alicyclic amines) is 1. The second kappa shape index (κ2) is 6.49. The Kier molecular flexibility index (Phi) is 4.70. The second-order valence-electron chi connectivity index (χ2n) is 4.95. The number of carbonyl (C=O) groups is 1. The summed E-state index contributed by atoms with van der Waals surface area (Å²) < 4.78 is 0. The van der Waals surface area contributed by atoms with Gasteiger partial charge >= 0.3 is 0 Å². The van der Waals surface area contributed by atoms with Crippen LogP contribution in [0.1, 0.15) is 25.3 Å². The fourth-order valence-electron chi connectivity index (χ4n) is 2.38. The van der Waals surface area contributed by atoms with Crippen LogP contribution in [0.5, 0.6) is 0 Å². The molecule has 6 nitrogen and oxygen atoms in total. The number of piperidine rings is 1. The minimum Gasteiger partial charge on any atom is -0.354 e. The first-order valence-electron chi connectivity index (χ1n) is 6.58. The van der Waals surface area contributed by atoms with E-state index in [2.05, 4.69) is 20.6 Å². The Hall–Kier alpha value is -1.66. The molecule has 1 saturated heterocycles. The predicted octanol–water partition coefficient (Wildman–Crippen LogP) is 0.468. The maximum Gasteiger partial charge on any atom is 0.217 e. The zero-order chi connectivity index (χ0) is 13.7. The van der Waals surface area contributed by atoms with Crippen LogP contribution >= 0.6 is 0 Å². The molecule has 104 valence electrons. The molecule has 1 aromatic heterocycles. The number of hydrogen-bond acceptors (Lipinski definition) is 5. The van der Waals surface area contributed by atoms with Crippen molar-refractivity contribution < 1.29 is 4.79 Å². The van der Waals surface area contributed by atoms with Gasteiger partial charge in [-0.05, 0) is 24.5 Å². The summed E-state index contributed by atoms with van der Waals surface area (Å²) in [4.78, 5) is 17.6. The summed E-state index contributed by atoms with van der Waals surface area (Å²) in [6, 6.07) is 4.23. The first-order valence-corrected chi connectivity index (χ1v) is 6.58. The number of rotatable bonds is 4. The smallest absolute Gasteiger partial charge is 0.217 e. The van der Waals surface area contributed by atoms with Crippen molar-refractivity contribution in [3.05, 3.63) is 23.9 Å². The maximum absolute atomic E-state index is 11.0. The van der Waals surface area contributed by atoms with Gasteiger partial charge in [-0.1, -0.05) is 6.07 Å². The molecule has 4 N–H and O–H groups in total. The third-order valence-electron chi connectivity index (χ3n) is 3.37. The zero-order valence-corrected chi connectivity index (χ0v) is 11.2. The molecule has 1 aliphatic heterocycles. The van der Waals surface area contributed by atoms with Gasteiger partial charge in [0.15, 0.2) is 0 Å². The van der Waals surface area contributed by atoms with E-state index in [9.17, 15) is 4.79 Å². The lowest BCUT2D eigenvalue weighted by molar-refractivity contribution is -0.119. The first kappa shape index (κ1) is 13.8. The molecule has 2 heterocycles. The number of aromatic nitrogens is 1. The van der Waals surface area contributed by atoms with Crippen LogP contribution in [-0.4, -0.2) is 34.9 Å². The molecule has 1 aromatic rings. The third-order valence-corrected chi connectivity index (χ3v) is 3.37. The van der Waals surface area contributed by atoms with Crippen molar-refractivity contribution in [3.63, 3.8) is 0 Å². The summed E-state index contributed by atoms with van der Waals surface area (Å²) in [5.74, 6) is 6.02. The van der Waals surface area contributed by atoms with E-state index in [1.165, 1.54) is 5.56 Å². The van der Waals surface area contributed by atoms with E-state index in [4.69, 9.17) is 5.84 Å². The molecule has 0 radical (unpaired) electrons. The average Bonchev–Trinajstić information content (AvgIpc) is 2.41. The molecule has 0 aliphatic carbocycles. The van der Waals surface area contributed by atoms with E-state index in [-0.39, 0.29) is 5.91 Å². The molecule has 0 bridgehead atoms. The van der Waals surface area contributed by atoms with Gasteiger partial charge in [-0.3, -0.25) is 9.69 Å². The highest BCUT2D eigenvalue weighted by molar-refractivity contribution is 5.73. The molecule has 19 heavy (non-hydrogen) atoms. The highest BCUT2D eigenvalue weighted by Gasteiger charge is 2.19. The van der Waals surface area contributed by atoms with Crippen molar-refractivity contribution in [1.82, 2.24) is 15.2 Å². The number of anilines is 1. The Balaban J connectivity index is 1.80. The number of nitrogens with one attached hydrogen (secondary N) is 2. The van der Waals surface area contributed by atoms with Gasteiger partial charge in [0.05, 0.1) is 0 Å². The van der Waals surface area contributed by atoms with Crippen molar-refractivity contribution in [2.45, 2.75) is 32.4 Å². The largest absolute Gasteiger partial charge is 0.354 e. The van der Waals surface area contributed by atoms with E-state index in [1.54, 1.807) is 6.92 Å². The Labute approximate surface area is 113 Å². The normalized spacial score (nSPS) is 17.2. The minimum absolute atomic E-state index is 0.0625. The molecule has 6 heteroatoms. The second-order valence-corrected chi connectivity index (χ2v) is 4.95. The molecule has 0 saturated carbocycles. The van der Waals surface area contributed by atoms with E-state index in [0.717, 1.165) is 32.5 Å². The molecule has 0 atom stereocenters. The molecule has 2 rings (SSSR count). The lowest BCUT2D eigenvalue weighted by Gasteiger charge is -2.32. The fraction of sp³-hybridized carbons (Fsp3) is 0.538. The van der Waals surface area contributed by atoms with Crippen LogP contribution in [0.25, 0.3) is 0 Å². The Morgan fingerprint density at radius 3 is 2.74 bits per heavy atom. The van der Waals surface area contributed by atoms with E-state index < -0.39 is 0 Å². The van der Waals surface area contributed by atoms with Gasteiger partial charge in [0.2, 0.25) is 5.91 Å². The highest BCUT2D eigenvalue weighted by Crippen LogP contribution is 2.14. The lowest BCUT2D eigenvalue weighted by Crippen LogP contribution is -2.43. The van der Waals surface area contributed by atoms with E-state index >= 15 is 0 Å². The number of hydrogen-bond donors (Lipinski definition) is 3. The fourth-order valence-corrected chi connectivity index (χ4v) is 2.38. The summed E-state index contributed by atoms with van der Waals surface area (Å²) in [6.45, 7) is 4.47. The van der Waals surface area contributed by atoms with E-state index in [1.807, 2.05) is 18.3 Å². The molecule has 1 aliphatic rings. The van der Waals surface area contributed by atoms with Gasteiger partial charge in [0.25, 0.3) is 0 Å².